The molecule has 0 aliphatic heterocycles. The molecule has 0 heterocycles. The number of nitrogens with one attached hydrogen (secondary N) is 1. The average Bonchev–Trinajstić information content (AvgIpc) is 2.16. The third kappa shape index (κ3) is 79.4. The van der Waals surface area contributed by atoms with Gasteiger partial charge in [-0.15, -0.1) is 0 Å². The number of aromatic hydroxyl groups is 1. The summed E-state index contributed by atoms with van der Waals surface area (Å²) in [7, 11) is -9.33. The SMILES string of the molecule is N=C(N)N.O=S(=O)(O)O.O=S(=O)(O)O.Oc1ccc(Cl)cc1. The highest BCUT2D eigenvalue weighted by atomic mass is 35.5. The summed E-state index contributed by atoms with van der Waals surface area (Å²) in [6.45, 7) is 0. The number of phenolic OH excluding ortho intramolecular Hbond substituents is 1. The Morgan fingerprint density at radius 1 is 0.909 bits per heavy atom. The van der Waals surface area contributed by atoms with Gasteiger partial charge in [0.25, 0.3) is 0 Å². The van der Waals surface area contributed by atoms with Gasteiger partial charge in [0.2, 0.25) is 0 Å². The molecular formula is C7H14ClN3O9S2. The predicted molar refractivity (Wildman–Crippen MR) is 77.6 cm³/mol. The molecule has 15 heteroatoms. The summed E-state index contributed by atoms with van der Waals surface area (Å²) in [6.07, 6.45) is 0. The molecule has 0 amide bonds. The van der Waals surface area contributed by atoms with E-state index in [1.807, 2.05) is 0 Å². The average molecular weight is 384 g/mol. The van der Waals surface area contributed by atoms with Crippen LogP contribution in [0, 0.1) is 5.41 Å². The van der Waals surface area contributed by atoms with E-state index in [2.05, 4.69) is 11.5 Å². The van der Waals surface area contributed by atoms with Crippen LogP contribution in [0.15, 0.2) is 24.3 Å². The van der Waals surface area contributed by atoms with E-state index < -0.39 is 20.8 Å². The molecule has 0 bridgehead atoms. The minimum atomic E-state index is -4.67. The molecule has 1 aromatic rings. The zero-order chi connectivity index (χ0) is 18.6. The molecule has 0 saturated heterocycles. The molecule has 1 aromatic carbocycles. The number of phenols is 1. The lowest BCUT2D eigenvalue weighted by Crippen LogP contribution is -2.20. The van der Waals surface area contributed by atoms with Crippen molar-refractivity contribution >= 4 is 38.4 Å². The van der Waals surface area contributed by atoms with Crippen LogP contribution in [0.5, 0.6) is 5.75 Å². The molecule has 0 saturated carbocycles. The second-order valence-electron chi connectivity index (χ2n) is 2.83. The molecule has 0 aliphatic rings. The van der Waals surface area contributed by atoms with E-state index >= 15 is 0 Å². The first-order valence-corrected chi connectivity index (χ1v) is 7.63. The smallest absolute Gasteiger partial charge is 0.394 e. The number of hydrogen-bond acceptors (Lipinski definition) is 6. The monoisotopic (exact) mass is 383 g/mol. The Bertz CT molecular complexity index is 559. The molecule has 0 unspecified atom stereocenters. The van der Waals surface area contributed by atoms with E-state index in [4.69, 9.17) is 57.2 Å². The van der Waals surface area contributed by atoms with Gasteiger partial charge in [0, 0.05) is 5.02 Å². The van der Waals surface area contributed by atoms with E-state index in [0.29, 0.717) is 5.02 Å². The molecule has 0 fully saturated rings. The molecule has 0 atom stereocenters. The summed E-state index contributed by atoms with van der Waals surface area (Å²) in [6, 6.07) is 6.36. The lowest BCUT2D eigenvalue weighted by molar-refractivity contribution is 0.378. The number of halogens is 1. The Morgan fingerprint density at radius 3 is 1.23 bits per heavy atom. The minimum Gasteiger partial charge on any atom is -0.508 e. The minimum absolute atomic E-state index is 0.245. The fourth-order valence-corrected chi connectivity index (χ4v) is 0.567. The van der Waals surface area contributed by atoms with E-state index in [-0.39, 0.29) is 11.7 Å². The fraction of sp³-hybridized carbons (Fsp3) is 0. The molecule has 10 N–H and O–H groups in total. The van der Waals surface area contributed by atoms with Crippen molar-refractivity contribution in [2.24, 2.45) is 11.5 Å². The number of guanidine groups is 1. The van der Waals surface area contributed by atoms with Crippen LogP contribution in [0.25, 0.3) is 0 Å². The second-order valence-corrected chi connectivity index (χ2v) is 5.06. The van der Waals surface area contributed by atoms with Crippen LogP contribution >= 0.6 is 11.6 Å². The Kier molecular flexibility index (Phi) is 13.7. The number of rotatable bonds is 0. The zero-order valence-electron chi connectivity index (χ0n) is 10.5. The Labute approximate surface area is 131 Å². The summed E-state index contributed by atoms with van der Waals surface area (Å²) < 4.78 is 63.2. The van der Waals surface area contributed by atoms with E-state index in [1.165, 1.54) is 0 Å². The van der Waals surface area contributed by atoms with Crippen molar-refractivity contribution in [1.82, 2.24) is 0 Å². The van der Waals surface area contributed by atoms with E-state index in [9.17, 15) is 0 Å². The van der Waals surface area contributed by atoms with Crippen LogP contribution in [-0.4, -0.2) is 46.1 Å². The van der Waals surface area contributed by atoms with Gasteiger partial charge in [-0.25, -0.2) is 0 Å². The summed E-state index contributed by atoms with van der Waals surface area (Å²) in [5.41, 5.74) is 8.94. The van der Waals surface area contributed by atoms with E-state index in [1.54, 1.807) is 24.3 Å². The number of hydrogen-bond donors (Lipinski definition) is 8. The van der Waals surface area contributed by atoms with Crippen molar-refractivity contribution in [2.75, 3.05) is 0 Å². The Hall–Kier alpha value is -1.68. The Balaban J connectivity index is -0.000000230. The van der Waals surface area contributed by atoms with Crippen molar-refractivity contribution in [3.05, 3.63) is 29.3 Å². The van der Waals surface area contributed by atoms with Gasteiger partial charge in [-0.3, -0.25) is 23.6 Å². The summed E-state index contributed by atoms with van der Waals surface area (Å²) in [5.74, 6) is -0.0885. The molecular weight excluding hydrogens is 370 g/mol. The van der Waals surface area contributed by atoms with Gasteiger partial charge in [0.05, 0.1) is 0 Å². The maximum absolute atomic E-state index is 8.74. The third-order valence-corrected chi connectivity index (χ3v) is 1.08. The third-order valence-electron chi connectivity index (χ3n) is 0.827. The molecule has 130 valence electrons. The van der Waals surface area contributed by atoms with Crippen LogP contribution in [0.1, 0.15) is 0 Å². The summed E-state index contributed by atoms with van der Waals surface area (Å²) >= 11 is 5.50. The predicted octanol–water partition coefficient (Wildman–Crippen LogP) is -0.421. The van der Waals surface area contributed by atoms with Gasteiger partial charge in [0.15, 0.2) is 5.96 Å². The molecule has 12 nitrogen and oxygen atoms in total. The van der Waals surface area contributed by atoms with Crippen molar-refractivity contribution < 1.29 is 40.2 Å². The first-order chi connectivity index (χ1) is 9.52. The lowest BCUT2D eigenvalue weighted by Gasteiger charge is -1.87. The summed E-state index contributed by atoms with van der Waals surface area (Å²) in [5, 5.41) is 15.4. The van der Waals surface area contributed by atoms with Crippen molar-refractivity contribution in [2.45, 2.75) is 0 Å². The molecule has 22 heavy (non-hydrogen) atoms. The van der Waals surface area contributed by atoms with Crippen molar-refractivity contribution in [1.29, 1.82) is 5.41 Å². The van der Waals surface area contributed by atoms with Gasteiger partial charge in [-0.2, -0.15) is 16.8 Å². The first kappa shape index (κ1) is 25.3. The normalized spacial score (nSPS) is 9.68. The van der Waals surface area contributed by atoms with Crippen molar-refractivity contribution in [3.8, 4) is 5.75 Å². The highest BCUT2D eigenvalue weighted by Crippen LogP contribution is 2.12. The largest absolute Gasteiger partial charge is 0.508 e. The van der Waals surface area contributed by atoms with Crippen LogP contribution < -0.4 is 11.5 Å². The van der Waals surface area contributed by atoms with Crippen LogP contribution in [0.2, 0.25) is 5.02 Å². The molecule has 1 rings (SSSR count). The quantitative estimate of drug-likeness (QED) is 0.162. The molecule has 0 aromatic heterocycles. The topological polar surface area (TPSA) is 245 Å². The van der Waals surface area contributed by atoms with Gasteiger partial charge in [0.1, 0.15) is 5.75 Å². The highest BCUT2D eigenvalue weighted by Gasteiger charge is 1.85. The first-order valence-electron chi connectivity index (χ1n) is 4.46. The van der Waals surface area contributed by atoms with Crippen LogP contribution in [0.3, 0.4) is 0 Å². The van der Waals surface area contributed by atoms with Gasteiger partial charge < -0.3 is 16.6 Å². The molecule has 0 spiro atoms. The maximum atomic E-state index is 8.74. The van der Waals surface area contributed by atoms with E-state index in [0.717, 1.165) is 0 Å². The number of nitrogens with two attached hydrogens (primary N) is 2. The summed E-state index contributed by atoms with van der Waals surface area (Å²) in [4.78, 5) is 0. The Morgan fingerprint density at radius 2 is 1.09 bits per heavy atom. The standard InChI is InChI=1S/C6H5ClO.CH5N3.2H2O4S/c7-5-1-3-6(8)4-2-5;2-1(3)4;2*1-5(2,3)4/h1-4,8H;(H5,2,3,4);2*(H2,1,2,3,4). The van der Waals surface area contributed by atoms with Crippen LogP contribution in [0.4, 0.5) is 0 Å². The fourth-order valence-electron chi connectivity index (χ4n) is 0.441. The van der Waals surface area contributed by atoms with Crippen molar-refractivity contribution in [3.63, 3.8) is 0 Å². The lowest BCUT2D eigenvalue weighted by atomic mass is 10.3. The van der Waals surface area contributed by atoms with Gasteiger partial charge in [-0.1, -0.05) is 11.6 Å². The van der Waals surface area contributed by atoms with Gasteiger partial charge >= 0.3 is 20.8 Å². The molecule has 0 aliphatic carbocycles. The van der Waals surface area contributed by atoms with Crippen LogP contribution in [-0.2, 0) is 20.8 Å². The number of benzene rings is 1. The molecule has 0 radical (unpaired) electrons. The second kappa shape index (κ2) is 11.9. The highest BCUT2D eigenvalue weighted by molar-refractivity contribution is 7.80. The zero-order valence-corrected chi connectivity index (χ0v) is 12.9. The van der Waals surface area contributed by atoms with Gasteiger partial charge in [-0.05, 0) is 24.3 Å². The maximum Gasteiger partial charge on any atom is 0.394 e.